The van der Waals surface area contributed by atoms with Gasteiger partial charge in [-0.2, -0.15) is 0 Å². The molecule has 0 unspecified atom stereocenters. The van der Waals surface area contributed by atoms with Crippen LogP contribution in [0.3, 0.4) is 0 Å². The molecular weight excluding hydrogens is 270 g/mol. The van der Waals surface area contributed by atoms with Crippen LogP contribution in [0.15, 0.2) is 30.3 Å². The van der Waals surface area contributed by atoms with Crippen LogP contribution >= 0.6 is 12.2 Å². The van der Waals surface area contributed by atoms with E-state index >= 15 is 0 Å². The number of amides is 1. The number of thiocarbonyl (C=S) groups is 1. The van der Waals surface area contributed by atoms with Gasteiger partial charge in [0.25, 0.3) is 0 Å². The summed E-state index contributed by atoms with van der Waals surface area (Å²) in [7, 11) is 0. The van der Waals surface area contributed by atoms with Crippen LogP contribution in [0.25, 0.3) is 0 Å². The molecule has 0 radical (unpaired) electrons. The monoisotopic (exact) mass is 293 g/mol. The summed E-state index contributed by atoms with van der Waals surface area (Å²) in [6.45, 7) is 2.99. The number of carbonyl (C=O) groups excluding carboxylic acids is 1. The number of hydrogen-bond donors (Lipinski definition) is 3. The fourth-order valence-electron chi connectivity index (χ4n) is 1.71. The minimum absolute atomic E-state index is 0.0634. The maximum atomic E-state index is 11.6. The molecule has 0 bridgehead atoms. The molecule has 0 heterocycles. The average Bonchev–Trinajstić information content (AvgIpc) is 2.48. The van der Waals surface area contributed by atoms with Crippen molar-refractivity contribution in [1.29, 1.82) is 0 Å². The molecule has 1 aromatic carbocycles. The highest BCUT2D eigenvalue weighted by Gasteiger charge is 2.02. The summed E-state index contributed by atoms with van der Waals surface area (Å²) in [6.07, 6.45) is 4.61. The molecule has 0 aromatic heterocycles. The van der Waals surface area contributed by atoms with E-state index in [0.717, 1.165) is 24.9 Å². The van der Waals surface area contributed by atoms with Gasteiger partial charge in [-0.3, -0.25) is 15.6 Å². The van der Waals surface area contributed by atoms with Crippen LogP contribution in [0.1, 0.15) is 38.2 Å². The SMILES string of the molecule is CCCCCNC(=S)NNC(=O)CCc1ccccc1. The summed E-state index contributed by atoms with van der Waals surface area (Å²) in [4.78, 5) is 11.6. The molecule has 4 nitrogen and oxygen atoms in total. The van der Waals surface area contributed by atoms with Crippen LogP contribution in [0.2, 0.25) is 0 Å². The lowest BCUT2D eigenvalue weighted by atomic mass is 10.1. The van der Waals surface area contributed by atoms with E-state index in [2.05, 4.69) is 23.1 Å². The molecule has 0 aliphatic carbocycles. The fourth-order valence-corrected chi connectivity index (χ4v) is 1.87. The highest BCUT2D eigenvalue weighted by molar-refractivity contribution is 7.80. The van der Waals surface area contributed by atoms with Crippen molar-refractivity contribution < 1.29 is 4.79 Å². The number of hydrazine groups is 1. The van der Waals surface area contributed by atoms with Crippen molar-refractivity contribution in [2.75, 3.05) is 6.54 Å². The molecule has 0 fully saturated rings. The predicted octanol–water partition coefficient (Wildman–Crippen LogP) is 2.30. The molecule has 0 saturated carbocycles. The number of rotatable bonds is 7. The third kappa shape index (κ3) is 7.74. The first-order valence-corrected chi connectivity index (χ1v) is 7.49. The number of carbonyl (C=O) groups is 1. The van der Waals surface area contributed by atoms with Gasteiger partial charge in [0.05, 0.1) is 0 Å². The Bertz CT molecular complexity index is 409. The van der Waals surface area contributed by atoms with Gasteiger partial charge in [-0.25, -0.2) is 0 Å². The topological polar surface area (TPSA) is 53.2 Å². The molecular formula is C15H23N3OS. The van der Waals surface area contributed by atoms with Crippen molar-refractivity contribution in [2.45, 2.75) is 39.0 Å². The first-order chi connectivity index (χ1) is 9.72. The Kier molecular flexibility index (Phi) is 8.38. The zero-order chi connectivity index (χ0) is 14.6. The number of benzene rings is 1. The summed E-state index contributed by atoms with van der Waals surface area (Å²) in [5, 5.41) is 3.52. The van der Waals surface area contributed by atoms with Crippen LogP contribution in [-0.4, -0.2) is 17.6 Å². The Labute approximate surface area is 126 Å². The highest BCUT2D eigenvalue weighted by atomic mass is 32.1. The first kappa shape index (κ1) is 16.4. The standard InChI is InChI=1S/C15H23N3OS/c1-2-3-7-12-16-15(20)18-17-14(19)11-10-13-8-5-4-6-9-13/h4-6,8-9H,2-3,7,10-12H2,1H3,(H,17,19)(H2,16,18,20). The predicted molar refractivity (Wildman–Crippen MR) is 86.2 cm³/mol. The van der Waals surface area contributed by atoms with E-state index in [0.29, 0.717) is 11.5 Å². The Hall–Kier alpha value is -1.62. The number of unbranched alkanes of at least 4 members (excludes halogenated alkanes) is 2. The van der Waals surface area contributed by atoms with Gasteiger partial charge in [0.1, 0.15) is 0 Å². The van der Waals surface area contributed by atoms with E-state index in [1.165, 1.54) is 12.8 Å². The second-order valence-electron chi connectivity index (χ2n) is 4.62. The third-order valence-electron chi connectivity index (χ3n) is 2.86. The summed E-state index contributed by atoms with van der Waals surface area (Å²) in [6, 6.07) is 9.94. The highest BCUT2D eigenvalue weighted by Crippen LogP contribution is 2.01. The zero-order valence-electron chi connectivity index (χ0n) is 11.9. The lowest BCUT2D eigenvalue weighted by molar-refractivity contribution is -0.121. The molecule has 1 amide bonds. The molecule has 0 atom stereocenters. The van der Waals surface area contributed by atoms with Gasteiger partial charge in [0, 0.05) is 13.0 Å². The lowest BCUT2D eigenvalue weighted by Crippen LogP contribution is -2.47. The van der Waals surface area contributed by atoms with Gasteiger partial charge in [-0.05, 0) is 30.6 Å². The lowest BCUT2D eigenvalue weighted by Gasteiger charge is -2.11. The second-order valence-corrected chi connectivity index (χ2v) is 5.03. The molecule has 0 saturated heterocycles. The van der Waals surface area contributed by atoms with E-state index < -0.39 is 0 Å². The largest absolute Gasteiger partial charge is 0.361 e. The van der Waals surface area contributed by atoms with Gasteiger partial charge in [-0.15, -0.1) is 0 Å². The van der Waals surface area contributed by atoms with E-state index in [1.54, 1.807) is 0 Å². The van der Waals surface area contributed by atoms with Gasteiger partial charge in [0.15, 0.2) is 5.11 Å². The molecule has 110 valence electrons. The number of hydrogen-bond acceptors (Lipinski definition) is 2. The van der Waals surface area contributed by atoms with E-state index in [9.17, 15) is 4.79 Å². The van der Waals surface area contributed by atoms with E-state index in [1.807, 2.05) is 30.3 Å². The Balaban J connectivity index is 2.09. The van der Waals surface area contributed by atoms with E-state index in [4.69, 9.17) is 12.2 Å². The van der Waals surface area contributed by atoms with E-state index in [-0.39, 0.29) is 5.91 Å². The van der Waals surface area contributed by atoms with Crippen LogP contribution in [-0.2, 0) is 11.2 Å². The van der Waals surface area contributed by atoms with Crippen molar-refractivity contribution in [3.63, 3.8) is 0 Å². The van der Waals surface area contributed by atoms with Gasteiger partial charge >= 0.3 is 0 Å². The Morgan fingerprint density at radius 1 is 1.15 bits per heavy atom. The van der Waals surface area contributed by atoms with Crippen molar-refractivity contribution in [1.82, 2.24) is 16.2 Å². The van der Waals surface area contributed by atoms with Gasteiger partial charge in [-0.1, -0.05) is 50.1 Å². The van der Waals surface area contributed by atoms with Crippen molar-refractivity contribution in [3.8, 4) is 0 Å². The second kappa shape index (κ2) is 10.2. The van der Waals surface area contributed by atoms with Crippen LogP contribution in [0.5, 0.6) is 0 Å². The molecule has 0 aliphatic heterocycles. The summed E-state index contributed by atoms with van der Waals surface area (Å²) in [5.74, 6) is -0.0634. The van der Waals surface area contributed by atoms with Crippen molar-refractivity contribution >= 4 is 23.2 Å². The zero-order valence-corrected chi connectivity index (χ0v) is 12.8. The smallest absolute Gasteiger partial charge is 0.238 e. The molecule has 1 rings (SSSR count). The van der Waals surface area contributed by atoms with Gasteiger partial charge in [0.2, 0.25) is 5.91 Å². The van der Waals surface area contributed by atoms with Crippen LogP contribution in [0.4, 0.5) is 0 Å². The normalized spacial score (nSPS) is 9.85. The maximum Gasteiger partial charge on any atom is 0.238 e. The third-order valence-corrected chi connectivity index (χ3v) is 3.11. The Morgan fingerprint density at radius 2 is 1.90 bits per heavy atom. The number of aryl methyl sites for hydroxylation is 1. The molecule has 3 N–H and O–H groups in total. The van der Waals surface area contributed by atoms with Crippen LogP contribution < -0.4 is 16.2 Å². The summed E-state index contributed by atoms with van der Waals surface area (Å²) >= 11 is 5.06. The van der Waals surface area contributed by atoms with Crippen molar-refractivity contribution in [2.24, 2.45) is 0 Å². The summed E-state index contributed by atoms with van der Waals surface area (Å²) < 4.78 is 0. The fraction of sp³-hybridized carbons (Fsp3) is 0.467. The van der Waals surface area contributed by atoms with Gasteiger partial charge < -0.3 is 5.32 Å². The number of nitrogens with one attached hydrogen (secondary N) is 3. The Morgan fingerprint density at radius 3 is 2.60 bits per heavy atom. The minimum atomic E-state index is -0.0634. The summed E-state index contributed by atoms with van der Waals surface area (Å²) in [5.41, 5.74) is 6.47. The minimum Gasteiger partial charge on any atom is -0.361 e. The van der Waals surface area contributed by atoms with Crippen molar-refractivity contribution in [3.05, 3.63) is 35.9 Å². The molecule has 0 spiro atoms. The average molecular weight is 293 g/mol. The maximum absolute atomic E-state index is 11.6. The quantitative estimate of drug-likeness (QED) is 0.410. The molecule has 1 aromatic rings. The van der Waals surface area contributed by atoms with Crippen LogP contribution in [0, 0.1) is 0 Å². The first-order valence-electron chi connectivity index (χ1n) is 7.09. The molecule has 20 heavy (non-hydrogen) atoms. The molecule has 5 heteroatoms. The molecule has 0 aliphatic rings.